The van der Waals surface area contributed by atoms with Crippen molar-refractivity contribution in [2.24, 2.45) is 11.1 Å². The van der Waals surface area contributed by atoms with Crippen LogP contribution < -0.4 is 0 Å². The lowest BCUT2D eigenvalue weighted by molar-refractivity contribution is 0.211. The summed E-state index contributed by atoms with van der Waals surface area (Å²) >= 11 is 0. The zero-order chi connectivity index (χ0) is 6.57. The summed E-state index contributed by atoms with van der Waals surface area (Å²) in [4.78, 5) is 4.55. The highest BCUT2D eigenvalue weighted by Crippen LogP contribution is 1.94. The molecule has 0 aliphatic rings. The van der Waals surface area contributed by atoms with Crippen molar-refractivity contribution in [3.05, 3.63) is 0 Å². The van der Waals surface area contributed by atoms with E-state index in [0.717, 1.165) is 5.71 Å². The monoisotopic (exact) mass is 115 g/mol. The molecule has 0 amide bonds. The highest BCUT2D eigenvalue weighted by atomic mass is 16.6. The molecule has 0 atom stereocenters. The van der Waals surface area contributed by atoms with Gasteiger partial charge in [0.25, 0.3) is 0 Å². The molecule has 0 heterocycles. The third-order valence-corrected chi connectivity index (χ3v) is 1.07. The van der Waals surface area contributed by atoms with Gasteiger partial charge in [0, 0.05) is 0 Å². The fourth-order valence-electron chi connectivity index (χ4n) is 0.249. The van der Waals surface area contributed by atoms with Crippen LogP contribution in [-0.2, 0) is 4.84 Å². The van der Waals surface area contributed by atoms with Crippen molar-refractivity contribution in [1.82, 2.24) is 0 Å². The molecule has 2 heteroatoms. The van der Waals surface area contributed by atoms with E-state index in [4.69, 9.17) is 0 Å². The van der Waals surface area contributed by atoms with Gasteiger partial charge in [0.05, 0.1) is 5.71 Å². The molecule has 0 saturated heterocycles. The SMILES string of the molecule is CO/N=C(\C)C(C)C. The number of hydrogen-bond acceptors (Lipinski definition) is 2. The minimum atomic E-state index is 0.495. The lowest BCUT2D eigenvalue weighted by Gasteiger charge is -1.99. The van der Waals surface area contributed by atoms with Crippen molar-refractivity contribution in [1.29, 1.82) is 0 Å². The van der Waals surface area contributed by atoms with Crippen LogP contribution in [0, 0.1) is 5.92 Å². The highest BCUT2D eigenvalue weighted by molar-refractivity contribution is 5.83. The van der Waals surface area contributed by atoms with E-state index in [0.29, 0.717) is 5.92 Å². The maximum absolute atomic E-state index is 4.55. The smallest absolute Gasteiger partial charge is 0.106 e. The fourth-order valence-corrected chi connectivity index (χ4v) is 0.249. The zero-order valence-corrected chi connectivity index (χ0v) is 5.93. The molecule has 0 rings (SSSR count). The molecular formula is C6H13NO. The van der Waals surface area contributed by atoms with E-state index < -0.39 is 0 Å². The summed E-state index contributed by atoms with van der Waals surface area (Å²) in [5.41, 5.74) is 1.03. The first-order chi connectivity index (χ1) is 3.68. The third kappa shape index (κ3) is 2.61. The maximum atomic E-state index is 4.55. The Balaban J connectivity index is 3.61. The minimum absolute atomic E-state index is 0.495. The van der Waals surface area contributed by atoms with E-state index in [1.165, 1.54) is 0 Å². The minimum Gasteiger partial charge on any atom is -0.399 e. The van der Waals surface area contributed by atoms with Crippen molar-refractivity contribution in [2.75, 3.05) is 7.11 Å². The summed E-state index contributed by atoms with van der Waals surface area (Å²) in [5, 5.41) is 3.74. The Morgan fingerprint density at radius 3 is 2.12 bits per heavy atom. The Morgan fingerprint density at radius 2 is 2.00 bits per heavy atom. The summed E-state index contributed by atoms with van der Waals surface area (Å²) < 4.78 is 0. The molecule has 0 bridgehead atoms. The predicted molar refractivity (Wildman–Crippen MR) is 35.0 cm³/mol. The molecule has 0 saturated carbocycles. The molecule has 48 valence electrons. The van der Waals surface area contributed by atoms with E-state index >= 15 is 0 Å². The van der Waals surface area contributed by atoms with Gasteiger partial charge in [-0.25, -0.2) is 0 Å². The summed E-state index contributed by atoms with van der Waals surface area (Å²) in [6.07, 6.45) is 0. The second-order valence-corrected chi connectivity index (χ2v) is 2.07. The summed E-state index contributed by atoms with van der Waals surface area (Å²) in [7, 11) is 1.56. The molecule has 0 radical (unpaired) electrons. The van der Waals surface area contributed by atoms with Crippen LogP contribution in [0.3, 0.4) is 0 Å². The molecule has 0 aliphatic heterocycles. The molecular weight excluding hydrogens is 102 g/mol. The average Bonchev–Trinajstić information content (AvgIpc) is 1.67. The second-order valence-electron chi connectivity index (χ2n) is 2.07. The van der Waals surface area contributed by atoms with Gasteiger partial charge in [0.15, 0.2) is 0 Å². The molecule has 8 heavy (non-hydrogen) atoms. The number of nitrogens with zero attached hydrogens (tertiary/aromatic N) is 1. The van der Waals surface area contributed by atoms with Crippen LogP contribution in [-0.4, -0.2) is 12.8 Å². The molecule has 0 unspecified atom stereocenters. The largest absolute Gasteiger partial charge is 0.399 e. The van der Waals surface area contributed by atoms with Crippen molar-refractivity contribution in [2.45, 2.75) is 20.8 Å². The van der Waals surface area contributed by atoms with Crippen LogP contribution in [0.1, 0.15) is 20.8 Å². The van der Waals surface area contributed by atoms with Gasteiger partial charge in [-0.3, -0.25) is 0 Å². The topological polar surface area (TPSA) is 21.6 Å². The van der Waals surface area contributed by atoms with E-state index in [1.807, 2.05) is 6.92 Å². The zero-order valence-electron chi connectivity index (χ0n) is 5.93. The predicted octanol–water partition coefficient (Wildman–Crippen LogP) is 1.66. The summed E-state index contributed by atoms with van der Waals surface area (Å²) in [6, 6.07) is 0. The Morgan fingerprint density at radius 1 is 1.50 bits per heavy atom. The first-order valence-corrected chi connectivity index (χ1v) is 2.76. The van der Waals surface area contributed by atoms with Gasteiger partial charge in [-0.15, -0.1) is 0 Å². The van der Waals surface area contributed by atoms with Crippen LogP contribution in [0.25, 0.3) is 0 Å². The first-order valence-electron chi connectivity index (χ1n) is 2.76. The van der Waals surface area contributed by atoms with Gasteiger partial charge in [-0.2, -0.15) is 0 Å². The molecule has 0 aromatic rings. The van der Waals surface area contributed by atoms with E-state index in [9.17, 15) is 0 Å². The average molecular weight is 115 g/mol. The molecule has 0 aromatic carbocycles. The van der Waals surface area contributed by atoms with Crippen molar-refractivity contribution in [3.8, 4) is 0 Å². The Bertz CT molecular complexity index is 86.5. The lowest BCUT2D eigenvalue weighted by atomic mass is 10.1. The van der Waals surface area contributed by atoms with Gasteiger partial charge in [-0.05, 0) is 12.8 Å². The molecule has 0 spiro atoms. The van der Waals surface area contributed by atoms with Crippen LogP contribution in [0.15, 0.2) is 5.16 Å². The van der Waals surface area contributed by atoms with Gasteiger partial charge in [0.2, 0.25) is 0 Å². The Kier molecular flexibility index (Phi) is 3.24. The summed E-state index contributed by atoms with van der Waals surface area (Å²) in [5.74, 6) is 0.495. The van der Waals surface area contributed by atoms with E-state index in [1.54, 1.807) is 7.11 Å². The second kappa shape index (κ2) is 3.47. The van der Waals surface area contributed by atoms with Gasteiger partial charge < -0.3 is 4.84 Å². The fraction of sp³-hybridized carbons (Fsp3) is 0.833. The lowest BCUT2D eigenvalue weighted by Crippen LogP contribution is -2.01. The first kappa shape index (κ1) is 7.47. The van der Waals surface area contributed by atoms with Crippen molar-refractivity contribution >= 4 is 5.71 Å². The molecule has 0 fully saturated rings. The molecule has 0 aliphatic carbocycles. The number of oxime groups is 1. The van der Waals surface area contributed by atoms with E-state index in [-0.39, 0.29) is 0 Å². The van der Waals surface area contributed by atoms with Crippen LogP contribution in [0.4, 0.5) is 0 Å². The molecule has 0 N–H and O–H groups in total. The summed E-state index contributed by atoms with van der Waals surface area (Å²) in [6.45, 7) is 6.11. The van der Waals surface area contributed by atoms with Gasteiger partial charge in [-0.1, -0.05) is 19.0 Å². The van der Waals surface area contributed by atoms with Gasteiger partial charge in [0.1, 0.15) is 7.11 Å². The van der Waals surface area contributed by atoms with Crippen molar-refractivity contribution in [3.63, 3.8) is 0 Å². The quantitative estimate of drug-likeness (QED) is 0.396. The van der Waals surface area contributed by atoms with Crippen molar-refractivity contribution < 1.29 is 4.84 Å². The molecule has 2 nitrogen and oxygen atoms in total. The van der Waals surface area contributed by atoms with Crippen LogP contribution in [0.5, 0.6) is 0 Å². The number of rotatable bonds is 2. The normalized spacial score (nSPS) is 12.4. The van der Waals surface area contributed by atoms with Crippen LogP contribution >= 0.6 is 0 Å². The Labute approximate surface area is 50.5 Å². The standard InChI is InChI=1S/C6H13NO/c1-5(2)6(3)7-8-4/h5H,1-4H3/b7-6+. The number of hydrogen-bond donors (Lipinski definition) is 0. The maximum Gasteiger partial charge on any atom is 0.106 e. The van der Waals surface area contributed by atoms with Gasteiger partial charge >= 0.3 is 0 Å². The Hall–Kier alpha value is -0.530. The highest BCUT2D eigenvalue weighted by Gasteiger charge is 1.95. The molecule has 0 aromatic heterocycles. The van der Waals surface area contributed by atoms with E-state index in [2.05, 4.69) is 23.8 Å². The van der Waals surface area contributed by atoms with Crippen LogP contribution in [0.2, 0.25) is 0 Å². The third-order valence-electron chi connectivity index (χ3n) is 1.07.